The van der Waals surface area contributed by atoms with Gasteiger partial charge in [-0.05, 0) is 26.5 Å². The van der Waals surface area contributed by atoms with Crippen molar-refractivity contribution in [2.75, 3.05) is 31.1 Å². The zero-order valence-corrected chi connectivity index (χ0v) is 11.2. The Labute approximate surface area is 98.0 Å². The Balaban J connectivity index is 3.69. The average molecular weight is 232 g/mol. The minimum atomic E-state index is 0.202. The highest BCUT2D eigenvalue weighted by Crippen LogP contribution is 2.00. The number of likely N-dealkylation sites (N-methyl/N-ethyl adjacent to an activating group) is 1. The first-order chi connectivity index (χ1) is 7.15. The lowest BCUT2D eigenvalue weighted by molar-refractivity contribution is -0.129. The molecule has 90 valence electrons. The second-order valence-corrected chi connectivity index (χ2v) is 4.83. The number of amides is 1. The van der Waals surface area contributed by atoms with Crippen LogP contribution in [0, 0.1) is 0 Å². The van der Waals surface area contributed by atoms with Crippen LogP contribution in [0.1, 0.15) is 27.7 Å². The van der Waals surface area contributed by atoms with Gasteiger partial charge in [-0.3, -0.25) is 4.79 Å². The number of thioether (sulfide) groups is 1. The Hall–Kier alpha value is -0.220. The van der Waals surface area contributed by atoms with Crippen molar-refractivity contribution in [2.24, 2.45) is 0 Å². The Morgan fingerprint density at radius 1 is 1.33 bits per heavy atom. The molecule has 0 aromatic carbocycles. The quantitative estimate of drug-likeness (QED) is 0.690. The van der Waals surface area contributed by atoms with Crippen LogP contribution in [0.25, 0.3) is 0 Å². The van der Waals surface area contributed by atoms with E-state index in [2.05, 4.69) is 19.2 Å². The molecule has 0 aromatic rings. The van der Waals surface area contributed by atoms with Gasteiger partial charge in [-0.15, -0.1) is 0 Å². The molecule has 0 aromatic heterocycles. The predicted molar refractivity (Wildman–Crippen MR) is 68.4 cm³/mol. The van der Waals surface area contributed by atoms with Crippen LogP contribution in [0.4, 0.5) is 0 Å². The fourth-order valence-corrected chi connectivity index (χ4v) is 2.01. The molecule has 0 heterocycles. The fraction of sp³-hybridized carbons (Fsp3) is 0.909. The summed E-state index contributed by atoms with van der Waals surface area (Å²) in [4.78, 5) is 13.5. The predicted octanol–water partition coefficient (Wildman–Crippen LogP) is 1.59. The van der Waals surface area contributed by atoms with Crippen LogP contribution < -0.4 is 5.32 Å². The van der Waals surface area contributed by atoms with Crippen molar-refractivity contribution < 1.29 is 4.79 Å². The maximum atomic E-state index is 11.6. The van der Waals surface area contributed by atoms with Gasteiger partial charge in [-0.2, -0.15) is 11.8 Å². The molecule has 0 aliphatic carbocycles. The van der Waals surface area contributed by atoms with Crippen LogP contribution in [-0.4, -0.2) is 48.0 Å². The minimum absolute atomic E-state index is 0.202. The fourth-order valence-electron chi connectivity index (χ4n) is 1.30. The average Bonchev–Trinajstić information content (AvgIpc) is 2.25. The molecule has 1 atom stereocenters. The van der Waals surface area contributed by atoms with Gasteiger partial charge in [0.1, 0.15) is 0 Å². The Morgan fingerprint density at radius 3 is 2.40 bits per heavy atom. The lowest BCUT2D eigenvalue weighted by Gasteiger charge is -2.20. The van der Waals surface area contributed by atoms with Crippen molar-refractivity contribution in [3.8, 4) is 0 Å². The molecule has 0 rings (SSSR count). The van der Waals surface area contributed by atoms with E-state index in [0.717, 1.165) is 24.6 Å². The molecule has 0 bridgehead atoms. The number of hydrogen-bond donors (Lipinski definition) is 1. The highest BCUT2D eigenvalue weighted by atomic mass is 32.2. The zero-order chi connectivity index (χ0) is 11.7. The largest absolute Gasteiger partial charge is 0.342 e. The minimum Gasteiger partial charge on any atom is -0.342 e. The first-order valence-corrected chi connectivity index (χ1v) is 6.89. The second kappa shape index (κ2) is 9.04. The Morgan fingerprint density at radius 2 is 1.93 bits per heavy atom. The van der Waals surface area contributed by atoms with Crippen molar-refractivity contribution in [3.63, 3.8) is 0 Å². The maximum absolute atomic E-state index is 11.6. The third kappa shape index (κ3) is 6.79. The summed E-state index contributed by atoms with van der Waals surface area (Å²) in [5.74, 6) is 2.41. The maximum Gasteiger partial charge on any atom is 0.236 e. The third-order valence-corrected chi connectivity index (χ3v) is 3.43. The summed E-state index contributed by atoms with van der Waals surface area (Å²) in [7, 11) is 0. The molecule has 0 fully saturated rings. The molecular formula is C11H24N2OS. The molecule has 0 saturated carbocycles. The van der Waals surface area contributed by atoms with Crippen molar-refractivity contribution in [1.82, 2.24) is 10.2 Å². The van der Waals surface area contributed by atoms with Crippen LogP contribution in [0.2, 0.25) is 0 Å². The second-order valence-electron chi connectivity index (χ2n) is 3.51. The van der Waals surface area contributed by atoms with Crippen molar-refractivity contribution in [3.05, 3.63) is 0 Å². The van der Waals surface area contributed by atoms with E-state index in [4.69, 9.17) is 0 Å². The number of nitrogens with zero attached hydrogens (tertiary/aromatic N) is 1. The number of hydrogen-bond acceptors (Lipinski definition) is 3. The summed E-state index contributed by atoms with van der Waals surface area (Å²) in [5.41, 5.74) is 0. The number of carbonyl (C=O) groups excluding carboxylic acids is 1. The van der Waals surface area contributed by atoms with E-state index in [1.807, 2.05) is 30.5 Å². The van der Waals surface area contributed by atoms with E-state index in [-0.39, 0.29) is 5.91 Å². The first-order valence-electron chi connectivity index (χ1n) is 5.74. The summed E-state index contributed by atoms with van der Waals surface area (Å²) in [6.07, 6.45) is 0. The van der Waals surface area contributed by atoms with Gasteiger partial charge in [0.2, 0.25) is 5.91 Å². The van der Waals surface area contributed by atoms with E-state index < -0.39 is 0 Å². The normalized spacial score (nSPS) is 12.5. The topological polar surface area (TPSA) is 32.3 Å². The van der Waals surface area contributed by atoms with Crippen molar-refractivity contribution in [2.45, 2.75) is 33.7 Å². The number of nitrogens with one attached hydrogen (secondary N) is 1. The molecule has 1 N–H and O–H groups in total. The molecule has 3 nitrogen and oxygen atoms in total. The van der Waals surface area contributed by atoms with E-state index >= 15 is 0 Å². The molecule has 0 saturated heterocycles. The van der Waals surface area contributed by atoms with Gasteiger partial charge < -0.3 is 10.2 Å². The van der Waals surface area contributed by atoms with Gasteiger partial charge in [-0.1, -0.05) is 6.92 Å². The molecule has 1 unspecified atom stereocenters. The smallest absolute Gasteiger partial charge is 0.236 e. The number of rotatable bonds is 8. The van der Waals surface area contributed by atoms with E-state index in [9.17, 15) is 4.79 Å². The molecular weight excluding hydrogens is 208 g/mol. The van der Waals surface area contributed by atoms with Gasteiger partial charge in [0, 0.05) is 24.9 Å². The van der Waals surface area contributed by atoms with Crippen LogP contribution in [0.15, 0.2) is 0 Å². The highest BCUT2D eigenvalue weighted by molar-refractivity contribution is 7.99. The lowest BCUT2D eigenvalue weighted by atomic mass is 10.3. The lowest BCUT2D eigenvalue weighted by Crippen LogP contribution is -2.41. The SMILES string of the molecule is CCSCC(C)NCC(=O)N(CC)CC. The molecule has 0 radical (unpaired) electrons. The van der Waals surface area contributed by atoms with Crippen LogP contribution >= 0.6 is 11.8 Å². The van der Waals surface area contributed by atoms with E-state index in [1.165, 1.54) is 0 Å². The molecule has 15 heavy (non-hydrogen) atoms. The number of carbonyl (C=O) groups is 1. The summed E-state index contributed by atoms with van der Waals surface area (Å²) < 4.78 is 0. The summed E-state index contributed by atoms with van der Waals surface area (Å²) in [6.45, 7) is 10.4. The van der Waals surface area contributed by atoms with Gasteiger partial charge in [0.25, 0.3) is 0 Å². The monoisotopic (exact) mass is 232 g/mol. The van der Waals surface area contributed by atoms with Gasteiger partial charge in [0.05, 0.1) is 6.54 Å². The van der Waals surface area contributed by atoms with Gasteiger partial charge in [0.15, 0.2) is 0 Å². The summed E-state index contributed by atoms with van der Waals surface area (Å²) >= 11 is 1.90. The van der Waals surface area contributed by atoms with Crippen LogP contribution in [0.3, 0.4) is 0 Å². The van der Waals surface area contributed by atoms with Crippen LogP contribution in [-0.2, 0) is 4.79 Å². The van der Waals surface area contributed by atoms with Gasteiger partial charge in [-0.25, -0.2) is 0 Å². The summed E-state index contributed by atoms with van der Waals surface area (Å²) in [5, 5.41) is 3.25. The molecule has 0 aliphatic heterocycles. The van der Waals surface area contributed by atoms with Crippen molar-refractivity contribution in [1.29, 1.82) is 0 Å². The molecule has 0 aliphatic rings. The Bertz CT molecular complexity index is 172. The third-order valence-electron chi connectivity index (χ3n) is 2.29. The Kier molecular flexibility index (Phi) is 8.91. The molecule has 1 amide bonds. The van der Waals surface area contributed by atoms with Crippen molar-refractivity contribution >= 4 is 17.7 Å². The summed E-state index contributed by atoms with van der Waals surface area (Å²) in [6, 6.07) is 0.412. The highest BCUT2D eigenvalue weighted by Gasteiger charge is 2.10. The molecule has 4 heteroatoms. The van der Waals surface area contributed by atoms with E-state index in [1.54, 1.807) is 0 Å². The van der Waals surface area contributed by atoms with Crippen LogP contribution in [0.5, 0.6) is 0 Å². The standard InChI is InChI=1S/C11H24N2OS/c1-5-13(6-2)11(14)8-12-10(4)9-15-7-3/h10,12H,5-9H2,1-4H3. The van der Waals surface area contributed by atoms with E-state index in [0.29, 0.717) is 12.6 Å². The zero-order valence-electron chi connectivity index (χ0n) is 10.4. The first kappa shape index (κ1) is 14.8. The van der Waals surface area contributed by atoms with Gasteiger partial charge >= 0.3 is 0 Å². The molecule has 0 spiro atoms.